The largest absolute Gasteiger partial charge is 0.496 e. The molecule has 3 rings (SSSR count). The third kappa shape index (κ3) is 2.71. The maximum absolute atomic E-state index is 5.44. The lowest BCUT2D eigenvalue weighted by atomic mass is 10.1. The van der Waals surface area contributed by atoms with Crippen LogP contribution in [-0.2, 0) is 13.6 Å². The molecule has 1 aromatic carbocycles. The Morgan fingerprint density at radius 3 is 2.85 bits per heavy atom. The highest BCUT2D eigenvalue weighted by molar-refractivity contribution is 9.10. The van der Waals surface area contributed by atoms with Crippen molar-refractivity contribution in [3.8, 4) is 17.0 Å². The van der Waals surface area contributed by atoms with Crippen LogP contribution in [0.2, 0.25) is 0 Å². The highest BCUT2D eigenvalue weighted by atomic mass is 79.9. The Bertz CT molecular complexity index is 602. The Kier molecular flexibility index (Phi) is 3.76. The molecule has 0 aliphatic heterocycles. The van der Waals surface area contributed by atoms with E-state index in [2.05, 4.69) is 37.6 Å². The number of halogens is 1. The summed E-state index contributed by atoms with van der Waals surface area (Å²) in [7, 11) is 3.59. The van der Waals surface area contributed by atoms with E-state index in [0.717, 1.165) is 33.7 Å². The summed E-state index contributed by atoms with van der Waals surface area (Å²) in [6.07, 6.45) is 2.55. The second-order valence-electron chi connectivity index (χ2n) is 5.03. The van der Waals surface area contributed by atoms with Crippen molar-refractivity contribution in [2.45, 2.75) is 25.4 Å². The molecule has 1 saturated carbocycles. The Morgan fingerprint density at radius 2 is 2.25 bits per heavy atom. The van der Waals surface area contributed by atoms with E-state index in [1.54, 1.807) is 11.8 Å². The van der Waals surface area contributed by atoms with Crippen LogP contribution in [0, 0.1) is 0 Å². The van der Waals surface area contributed by atoms with Crippen molar-refractivity contribution in [1.29, 1.82) is 0 Å². The molecule has 0 unspecified atom stereocenters. The van der Waals surface area contributed by atoms with Gasteiger partial charge in [0.1, 0.15) is 11.4 Å². The smallest absolute Gasteiger partial charge is 0.156 e. The fraction of sp³-hybridized carbons (Fsp3) is 0.429. The number of nitrogens with one attached hydrogen (secondary N) is 1. The van der Waals surface area contributed by atoms with E-state index >= 15 is 0 Å². The van der Waals surface area contributed by atoms with Crippen molar-refractivity contribution in [3.05, 3.63) is 28.4 Å². The van der Waals surface area contributed by atoms with E-state index in [1.165, 1.54) is 12.8 Å². The van der Waals surface area contributed by atoms with Crippen LogP contribution in [0.5, 0.6) is 5.75 Å². The van der Waals surface area contributed by atoms with Crippen LogP contribution in [0.25, 0.3) is 11.3 Å². The molecule has 6 heteroatoms. The van der Waals surface area contributed by atoms with Crippen molar-refractivity contribution < 1.29 is 4.74 Å². The van der Waals surface area contributed by atoms with Crippen LogP contribution >= 0.6 is 15.9 Å². The Morgan fingerprint density at radius 1 is 1.45 bits per heavy atom. The van der Waals surface area contributed by atoms with Gasteiger partial charge in [0.05, 0.1) is 7.11 Å². The molecule has 1 aliphatic carbocycles. The predicted molar refractivity (Wildman–Crippen MR) is 80.6 cm³/mol. The molecule has 0 amide bonds. The molecule has 0 bridgehead atoms. The summed E-state index contributed by atoms with van der Waals surface area (Å²) < 4.78 is 7.96. The average Bonchev–Trinajstić information content (AvgIpc) is 3.22. The van der Waals surface area contributed by atoms with Crippen molar-refractivity contribution >= 4 is 15.9 Å². The number of benzene rings is 1. The molecular formula is C14H17BrN4O. The number of nitrogens with zero attached hydrogens (tertiary/aromatic N) is 3. The SMILES string of the molecule is COc1ccc(-c2c(Br)nnn2C)cc1CNC1CC1. The fourth-order valence-corrected chi connectivity index (χ4v) is 2.80. The molecule has 1 N–H and O–H groups in total. The van der Waals surface area contributed by atoms with Gasteiger partial charge in [0.15, 0.2) is 4.60 Å². The van der Waals surface area contributed by atoms with Gasteiger partial charge in [-0.1, -0.05) is 5.21 Å². The zero-order chi connectivity index (χ0) is 14.1. The molecule has 2 aromatic rings. The number of aryl methyl sites for hydroxylation is 1. The van der Waals surface area contributed by atoms with Crippen LogP contribution < -0.4 is 10.1 Å². The van der Waals surface area contributed by atoms with Crippen LogP contribution in [0.15, 0.2) is 22.8 Å². The molecule has 1 heterocycles. The van der Waals surface area contributed by atoms with Gasteiger partial charge >= 0.3 is 0 Å². The van der Waals surface area contributed by atoms with Gasteiger partial charge in [0.25, 0.3) is 0 Å². The summed E-state index contributed by atoms with van der Waals surface area (Å²) in [5, 5.41) is 11.6. The van der Waals surface area contributed by atoms with Crippen LogP contribution in [0.1, 0.15) is 18.4 Å². The molecular weight excluding hydrogens is 320 g/mol. The molecule has 106 valence electrons. The zero-order valence-corrected chi connectivity index (χ0v) is 13.1. The quantitative estimate of drug-likeness (QED) is 0.911. The normalized spacial score (nSPS) is 14.6. The predicted octanol–water partition coefficient (Wildman–Crippen LogP) is 2.51. The lowest BCUT2D eigenvalue weighted by Crippen LogP contribution is -2.16. The number of hydrogen-bond acceptors (Lipinski definition) is 4. The van der Waals surface area contributed by atoms with E-state index in [-0.39, 0.29) is 0 Å². The summed E-state index contributed by atoms with van der Waals surface area (Å²) in [5.41, 5.74) is 3.21. The molecule has 0 spiro atoms. The minimum atomic E-state index is 0.675. The second-order valence-corrected chi connectivity index (χ2v) is 5.79. The average molecular weight is 337 g/mol. The number of rotatable bonds is 5. The summed E-state index contributed by atoms with van der Waals surface area (Å²) in [6, 6.07) is 6.84. The van der Waals surface area contributed by atoms with Gasteiger partial charge in [-0.3, -0.25) is 0 Å². The highest BCUT2D eigenvalue weighted by Gasteiger charge is 2.21. The van der Waals surface area contributed by atoms with Crippen LogP contribution in [0.4, 0.5) is 0 Å². The van der Waals surface area contributed by atoms with E-state index in [9.17, 15) is 0 Å². The maximum Gasteiger partial charge on any atom is 0.156 e. The number of methoxy groups -OCH3 is 1. The Labute approximate surface area is 126 Å². The van der Waals surface area contributed by atoms with E-state index < -0.39 is 0 Å². The van der Waals surface area contributed by atoms with Crippen LogP contribution in [0.3, 0.4) is 0 Å². The number of hydrogen-bond donors (Lipinski definition) is 1. The molecule has 0 atom stereocenters. The standard InChI is InChI=1S/C14H17BrN4O/c1-19-13(14(15)17-18-19)9-3-6-12(20-2)10(7-9)8-16-11-4-5-11/h3,6-7,11,16H,4-5,8H2,1-2H3. The summed E-state index contributed by atoms with van der Waals surface area (Å²) in [5.74, 6) is 0.910. The van der Waals surface area contributed by atoms with E-state index in [1.807, 2.05) is 19.2 Å². The van der Waals surface area contributed by atoms with Crippen molar-refractivity contribution in [2.24, 2.45) is 7.05 Å². The fourth-order valence-electron chi connectivity index (χ4n) is 2.24. The Balaban J connectivity index is 1.93. The molecule has 1 aliphatic rings. The van der Waals surface area contributed by atoms with Gasteiger partial charge < -0.3 is 10.1 Å². The van der Waals surface area contributed by atoms with Gasteiger partial charge in [-0.25, -0.2) is 4.68 Å². The molecule has 5 nitrogen and oxygen atoms in total. The van der Waals surface area contributed by atoms with Crippen molar-refractivity contribution in [2.75, 3.05) is 7.11 Å². The lowest BCUT2D eigenvalue weighted by molar-refractivity contribution is 0.407. The first-order valence-corrected chi connectivity index (χ1v) is 7.44. The van der Waals surface area contributed by atoms with Crippen molar-refractivity contribution in [1.82, 2.24) is 20.3 Å². The zero-order valence-electron chi connectivity index (χ0n) is 11.6. The van der Waals surface area contributed by atoms with Gasteiger partial charge in [-0.2, -0.15) is 0 Å². The lowest BCUT2D eigenvalue weighted by Gasteiger charge is -2.11. The maximum atomic E-state index is 5.44. The van der Waals surface area contributed by atoms with Gasteiger partial charge in [-0.05, 0) is 47.0 Å². The first kappa shape index (κ1) is 13.6. The first-order chi connectivity index (χ1) is 9.69. The Hall–Kier alpha value is -1.40. The highest BCUT2D eigenvalue weighted by Crippen LogP contribution is 2.30. The summed E-state index contributed by atoms with van der Waals surface area (Å²) in [6.45, 7) is 0.824. The van der Waals surface area contributed by atoms with E-state index in [4.69, 9.17) is 4.74 Å². The second kappa shape index (κ2) is 5.54. The molecule has 0 saturated heterocycles. The molecule has 1 aromatic heterocycles. The third-order valence-electron chi connectivity index (χ3n) is 3.50. The first-order valence-electron chi connectivity index (χ1n) is 6.65. The van der Waals surface area contributed by atoms with Gasteiger partial charge in [0.2, 0.25) is 0 Å². The topological polar surface area (TPSA) is 52.0 Å². The minimum Gasteiger partial charge on any atom is -0.496 e. The van der Waals surface area contributed by atoms with Crippen molar-refractivity contribution in [3.63, 3.8) is 0 Å². The summed E-state index contributed by atoms with van der Waals surface area (Å²) in [4.78, 5) is 0. The molecule has 20 heavy (non-hydrogen) atoms. The molecule has 0 radical (unpaired) electrons. The van der Waals surface area contributed by atoms with Crippen LogP contribution in [-0.4, -0.2) is 28.1 Å². The van der Waals surface area contributed by atoms with E-state index in [0.29, 0.717) is 6.04 Å². The molecule has 1 fully saturated rings. The monoisotopic (exact) mass is 336 g/mol. The summed E-state index contributed by atoms with van der Waals surface area (Å²) >= 11 is 3.44. The van der Waals surface area contributed by atoms with Gasteiger partial charge in [0, 0.05) is 30.8 Å². The minimum absolute atomic E-state index is 0.675. The third-order valence-corrected chi connectivity index (χ3v) is 4.03. The van der Waals surface area contributed by atoms with Gasteiger partial charge in [-0.15, -0.1) is 5.10 Å². The number of ether oxygens (including phenoxy) is 1. The number of aromatic nitrogens is 3.